The van der Waals surface area contributed by atoms with Crippen LogP contribution in [0.25, 0.3) is 0 Å². The molecule has 1 aromatic carbocycles. The fraction of sp³-hybridized carbons (Fsp3) is 0.500. The zero-order valence-electron chi connectivity index (χ0n) is 11.5. The quantitative estimate of drug-likeness (QED) is 0.632. The Labute approximate surface area is 122 Å². The van der Waals surface area contributed by atoms with Crippen LogP contribution in [0.5, 0.6) is 0 Å². The average molecular weight is 315 g/mol. The third-order valence-electron chi connectivity index (χ3n) is 3.31. The number of ether oxygens (including phenoxy) is 1. The molecule has 21 heavy (non-hydrogen) atoms. The normalized spacial score (nSPS) is 21.9. The zero-order valence-corrected chi connectivity index (χ0v) is 12.3. The number of non-ortho nitro benzene ring substituents is 1. The first-order valence-electron chi connectivity index (χ1n) is 6.44. The lowest BCUT2D eigenvalue weighted by Gasteiger charge is -2.33. The lowest BCUT2D eigenvalue weighted by molar-refractivity contribution is -0.385. The van der Waals surface area contributed by atoms with Crippen LogP contribution in [0.3, 0.4) is 0 Å². The third kappa shape index (κ3) is 3.38. The van der Waals surface area contributed by atoms with Gasteiger partial charge in [0.25, 0.3) is 5.69 Å². The molecular formula is C12H17N3O5S. The van der Waals surface area contributed by atoms with Crippen molar-refractivity contribution in [3.05, 3.63) is 34.4 Å². The Morgan fingerprint density at radius 1 is 1.52 bits per heavy atom. The van der Waals surface area contributed by atoms with E-state index in [2.05, 4.69) is 0 Å². The molecule has 2 unspecified atom stereocenters. The summed E-state index contributed by atoms with van der Waals surface area (Å²) in [4.78, 5) is 10.0. The van der Waals surface area contributed by atoms with E-state index in [1.165, 1.54) is 22.5 Å². The van der Waals surface area contributed by atoms with E-state index < -0.39 is 14.9 Å². The number of nitrogens with zero attached hydrogens (tertiary/aromatic N) is 2. The molecule has 0 aliphatic carbocycles. The van der Waals surface area contributed by atoms with E-state index in [9.17, 15) is 18.5 Å². The van der Waals surface area contributed by atoms with Crippen molar-refractivity contribution in [1.29, 1.82) is 0 Å². The predicted octanol–water partition coefficient (Wildman–Crippen LogP) is 0.332. The van der Waals surface area contributed by atoms with Crippen molar-refractivity contribution in [2.45, 2.75) is 24.0 Å². The summed E-state index contributed by atoms with van der Waals surface area (Å²) in [5.74, 6) is 0. The van der Waals surface area contributed by atoms with Gasteiger partial charge in [0.1, 0.15) is 0 Å². The van der Waals surface area contributed by atoms with Crippen LogP contribution in [0.15, 0.2) is 29.2 Å². The van der Waals surface area contributed by atoms with Crippen molar-refractivity contribution >= 4 is 15.7 Å². The SMILES string of the molecule is CC(N)C1CN(S(=O)(=O)c2cccc([N+](=O)[O-])c2)CCO1. The Morgan fingerprint density at radius 2 is 2.24 bits per heavy atom. The van der Waals surface area contributed by atoms with Gasteiger partial charge in [-0.1, -0.05) is 6.07 Å². The van der Waals surface area contributed by atoms with Crippen molar-refractivity contribution in [2.24, 2.45) is 5.73 Å². The van der Waals surface area contributed by atoms with E-state index in [0.29, 0.717) is 0 Å². The molecule has 9 heteroatoms. The second kappa shape index (κ2) is 6.06. The van der Waals surface area contributed by atoms with Gasteiger partial charge in [-0.15, -0.1) is 0 Å². The number of nitro benzene ring substituents is 1. The molecule has 0 bridgehead atoms. The summed E-state index contributed by atoms with van der Waals surface area (Å²) in [5.41, 5.74) is 5.48. The monoisotopic (exact) mass is 315 g/mol. The molecule has 1 aromatic rings. The molecular weight excluding hydrogens is 298 g/mol. The maximum absolute atomic E-state index is 12.5. The second-order valence-corrected chi connectivity index (χ2v) is 6.82. The molecule has 0 aromatic heterocycles. The summed E-state index contributed by atoms with van der Waals surface area (Å²) in [5, 5.41) is 10.8. The van der Waals surface area contributed by atoms with E-state index in [1.54, 1.807) is 6.92 Å². The van der Waals surface area contributed by atoms with E-state index in [1.807, 2.05) is 0 Å². The molecule has 2 atom stereocenters. The minimum Gasteiger partial charge on any atom is -0.374 e. The molecule has 2 rings (SSSR count). The second-order valence-electron chi connectivity index (χ2n) is 4.89. The smallest absolute Gasteiger partial charge is 0.270 e. The number of hydrogen-bond donors (Lipinski definition) is 1. The van der Waals surface area contributed by atoms with E-state index >= 15 is 0 Å². The van der Waals surface area contributed by atoms with Gasteiger partial charge in [-0.25, -0.2) is 8.42 Å². The van der Waals surface area contributed by atoms with E-state index in [-0.39, 0.29) is 42.4 Å². The van der Waals surface area contributed by atoms with Gasteiger partial charge in [0, 0.05) is 31.3 Å². The largest absolute Gasteiger partial charge is 0.374 e. The molecule has 1 heterocycles. The molecule has 2 N–H and O–H groups in total. The third-order valence-corrected chi connectivity index (χ3v) is 5.17. The number of benzene rings is 1. The highest BCUT2D eigenvalue weighted by molar-refractivity contribution is 7.89. The van der Waals surface area contributed by atoms with Crippen LogP contribution < -0.4 is 5.73 Å². The van der Waals surface area contributed by atoms with Gasteiger partial charge in [-0.3, -0.25) is 10.1 Å². The Hall–Kier alpha value is -1.55. The molecule has 0 saturated carbocycles. The summed E-state index contributed by atoms with van der Waals surface area (Å²) < 4.78 is 31.8. The Kier molecular flexibility index (Phi) is 4.57. The van der Waals surface area contributed by atoms with Crippen molar-refractivity contribution in [2.75, 3.05) is 19.7 Å². The summed E-state index contributed by atoms with van der Waals surface area (Å²) in [6.45, 7) is 2.34. The van der Waals surface area contributed by atoms with Crippen molar-refractivity contribution < 1.29 is 18.1 Å². The van der Waals surface area contributed by atoms with Gasteiger partial charge in [0.2, 0.25) is 10.0 Å². The molecule has 0 amide bonds. The highest BCUT2D eigenvalue weighted by atomic mass is 32.2. The number of nitro groups is 1. The average Bonchev–Trinajstić information content (AvgIpc) is 2.47. The number of morpholine rings is 1. The van der Waals surface area contributed by atoms with Crippen LogP contribution in [0.2, 0.25) is 0 Å². The number of nitrogens with two attached hydrogens (primary N) is 1. The molecule has 0 radical (unpaired) electrons. The van der Waals surface area contributed by atoms with E-state index in [0.717, 1.165) is 6.07 Å². The fourth-order valence-electron chi connectivity index (χ4n) is 2.09. The van der Waals surface area contributed by atoms with Gasteiger partial charge in [-0.2, -0.15) is 4.31 Å². The minimum atomic E-state index is -3.79. The van der Waals surface area contributed by atoms with Gasteiger partial charge in [-0.05, 0) is 13.0 Å². The first-order valence-corrected chi connectivity index (χ1v) is 7.88. The number of rotatable bonds is 4. The van der Waals surface area contributed by atoms with Gasteiger partial charge in [0.15, 0.2) is 0 Å². The summed E-state index contributed by atoms with van der Waals surface area (Å²) in [7, 11) is -3.79. The molecule has 116 valence electrons. The predicted molar refractivity (Wildman–Crippen MR) is 75.2 cm³/mol. The van der Waals surface area contributed by atoms with Crippen LogP contribution in [-0.4, -0.2) is 49.5 Å². The zero-order chi connectivity index (χ0) is 15.6. The number of hydrogen-bond acceptors (Lipinski definition) is 6. The Balaban J connectivity index is 2.29. The molecule has 1 aliphatic rings. The molecule has 8 nitrogen and oxygen atoms in total. The van der Waals surface area contributed by atoms with Crippen LogP contribution in [0.1, 0.15) is 6.92 Å². The Morgan fingerprint density at radius 3 is 2.86 bits per heavy atom. The highest BCUT2D eigenvalue weighted by Crippen LogP contribution is 2.23. The fourth-order valence-corrected chi connectivity index (χ4v) is 3.57. The van der Waals surface area contributed by atoms with Crippen molar-refractivity contribution in [3.8, 4) is 0 Å². The number of sulfonamides is 1. The summed E-state index contributed by atoms with van der Waals surface area (Å²) >= 11 is 0. The summed E-state index contributed by atoms with van der Waals surface area (Å²) in [6, 6.07) is 4.72. The van der Waals surface area contributed by atoms with Gasteiger partial charge in [0.05, 0.1) is 22.5 Å². The summed E-state index contributed by atoms with van der Waals surface area (Å²) in [6.07, 6.45) is -0.382. The highest BCUT2D eigenvalue weighted by Gasteiger charge is 2.32. The molecule has 1 fully saturated rings. The first-order chi connectivity index (χ1) is 9.82. The van der Waals surface area contributed by atoms with Crippen LogP contribution in [0.4, 0.5) is 5.69 Å². The molecule has 1 saturated heterocycles. The van der Waals surface area contributed by atoms with Crippen LogP contribution >= 0.6 is 0 Å². The molecule has 0 spiro atoms. The van der Waals surface area contributed by atoms with Crippen LogP contribution in [0, 0.1) is 10.1 Å². The Bertz CT molecular complexity index is 632. The van der Waals surface area contributed by atoms with Crippen molar-refractivity contribution in [3.63, 3.8) is 0 Å². The lowest BCUT2D eigenvalue weighted by Crippen LogP contribution is -2.51. The standard InChI is InChI=1S/C12H17N3O5S/c1-9(13)12-8-14(5-6-20-12)21(18,19)11-4-2-3-10(7-11)15(16)17/h2-4,7,9,12H,5-6,8,13H2,1H3. The van der Waals surface area contributed by atoms with E-state index in [4.69, 9.17) is 10.5 Å². The van der Waals surface area contributed by atoms with Gasteiger partial charge >= 0.3 is 0 Å². The first kappa shape index (κ1) is 15.8. The minimum absolute atomic E-state index is 0.0953. The maximum Gasteiger partial charge on any atom is 0.270 e. The van der Waals surface area contributed by atoms with Crippen molar-refractivity contribution in [1.82, 2.24) is 4.31 Å². The molecule has 1 aliphatic heterocycles. The topological polar surface area (TPSA) is 116 Å². The van der Waals surface area contributed by atoms with Gasteiger partial charge < -0.3 is 10.5 Å². The lowest BCUT2D eigenvalue weighted by atomic mass is 10.2. The van der Waals surface area contributed by atoms with Crippen LogP contribution in [-0.2, 0) is 14.8 Å². The maximum atomic E-state index is 12.5.